The minimum atomic E-state index is -0.277. The van der Waals surface area contributed by atoms with Gasteiger partial charge in [0.1, 0.15) is 11.6 Å². The Morgan fingerprint density at radius 3 is 2.67 bits per heavy atom. The summed E-state index contributed by atoms with van der Waals surface area (Å²) in [5.41, 5.74) is 0.767. The summed E-state index contributed by atoms with van der Waals surface area (Å²) >= 11 is 5.73. The van der Waals surface area contributed by atoms with E-state index in [0.29, 0.717) is 17.5 Å². The van der Waals surface area contributed by atoms with E-state index in [1.807, 2.05) is 6.07 Å². The first-order valence-electron chi connectivity index (χ1n) is 6.60. The molecule has 3 unspecified atom stereocenters. The van der Waals surface area contributed by atoms with E-state index < -0.39 is 0 Å². The van der Waals surface area contributed by atoms with Crippen LogP contribution in [-0.4, -0.2) is 6.10 Å². The highest BCUT2D eigenvalue weighted by atomic mass is 35.5. The van der Waals surface area contributed by atoms with Crippen LogP contribution in [0.3, 0.4) is 0 Å². The Balaban J connectivity index is 2.03. The number of halogens is 2. The van der Waals surface area contributed by atoms with Gasteiger partial charge in [-0.2, -0.15) is 0 Å². The maximum absolute atomic E-state index is 13.4. The van der Waals surface area contributed by atoms with Crippen LogP contribution in [0.2, 0.25) is 0 Å². The summed E-state index contributed by atoms with van der Waals surface area (Å²) in [6.45, 7) is 4.55. The van der Waals surface area contributed by atoms with Crippen molar-refractivity contribution in [3.63, 3.8) is 0 Å². The van der Waals surface area contributed by atoms with Crippen LogP contribution in [0.15, 0.2) is 18.2 Å². The molecule has 0 amide bonds. The molecule has 1 aliphatic rings. The first kappa shape index (κ1) is 13.7. The van der Waals surface area contributed by atoms with Gasteiger partial charge in [-0.25, -0.2) is 4.39 Å². The van der Waals surface area contributed by atoms with Crippen molar-refractivity contribution in [3.05, 3.63) is 29.6 Å². The molecule has 100 valence electrons. The number of alkyl halides is 1. The minimum Gasteiger partial charge on any atom is -0.490 e. The highest BCUT2D eigenvalue weighted by molar-refractivity contribution is 6.17. The molecular weight excluding hydrogens is 251 g/mol. The summed E-state index contributed by atoms with van der Waals surface area (Å²) in [5.74, 6) is 2.07. The van der Waals surface area contributed by atoms with E-state index >= 15 is 0 Å². The average molecular weight is 271 g/mol. The van der Waals surface area contributed by atoms with E-state index in [9.17, 15) is 4.39 Å². The molecular formula is C15H20ClFO. The van der Waals surface area contributed by atoms with Crippen LogP contribution in [0.5, 0.6) is 5.75 Å². The summed E-state index contributed by atoms with van der Waals surface area (Å²) in [4.78, 5) is 0. The van der Waals surface area contributed by atoms with Gasteiger partial charge in [-0.1, -0.05) is 13.8 Å². The molecule has 1 nitrogen and oxygen atoms in total. The van der Waals surface area contributed by atoms with E-state index in [1.165, 1.54) is 18.6 Å². The molecule has 1 saturated carbocycles. The standard InChI is InChI=1S/C15H20ClFO/c1-10-3-4-14(5-11(10)2)18-15-7-12(9-16)6-13(17)8-15/h6-8,10-11,14H,3-5,9H2,1-2H3. The fourth-order valence-corrected chi connectivity index (χ4v) is 2.72. The van der Waals surface area contributed by atoms with Gasteiger partial charge in [0.05, 0.1) is 6.10 Å². The molecule has 3 heteroatoms. The molecule has 1 aliphatic carbocycles. The van der Waals surface area contributed by atoms with Crippen LogP contribution in [0.4, 0.5) is 4.39 Å². The zero-order chi connectivity index (χ0) is 13.1. The largest absolute Gasteiger partial charge is 0.490 e. The third-order valence-electron chi connectivity index (χ3n) is 3.94. The highest BCUT2D eigenvalue weighted by Gasteiger charge is 2.25. The second-order valence-electron chi connectivity index (χ2n) is 5.44. The van der Waals surface area contributed by atoms with Crippen LogP contribution in [0.25, 0.3) is 0 Å². The van der Waals surface area contributed by atoms with Gasteiger partial charge in [-0.15, -0.1) is 11.6 Å². The summed E-state index contributed by atoms with van der Waals surface area (Å²) in [7, 11) is 0. The van der Waals surface area contributed by atoms with Crippen LogP contribution in [0.1, 0.15) is 38.7 Å². The van der Waals surface area contributed by atoms with Gasteiger partial charge in [-0.3, -0.25) is 0 Å². The fraction of sp³-hybridized carbons (Fsp3) is 0.600. The molecule has 0 saturated heterocycles. The number of benzene rings is 1. The molecule has 18 heavy (non-hydrogen) atoms. The average Bonchev–Trinajstić information content (AvgIpc) is 2.33. The van der Waals surface area contributed by atoms with E-state index in [2.05, 4.69) is 13.8 Å². The zero-order valence-electron chi connectivity index (χ0n) is 11.0. The van der Waals surface area contributed by atoms with Crippen molar-refractivity contribution in [2.45, 2.75) is 45.1 Å². The topological polar surface area (TPSA) is 9.23 Å². The summed E-state index contributed by atoms with van der Waals surface area (Å²) in [6.07, 6.45) is 3.50. The molecule has 0 spiro atoms. The molecule has 0 radical (unpaired) electrons. The summed E-state index contributed by atoms with van der Waals surface area (Å²) < 4.78 is 19.3. The fourth-order valence-electron chi connectivity index (χ4n) is 2.56. The molecule has 0 aromatic heterocycles. The molecule has 1 fully saturated rings. The minimum absolute atomic E-state index is 0.209. The maximum Gasteiger partial charge on any atom is 0.127 e. The van der Waals surface area contributed by atoms with Crippen LogP contribution in [0, 0.1) is 17.7 Å². The quantitative estimate of drug-likeness (QED) is 0.719. The lowest BCUT2D eigenvalue weighted by molar-refractivity contribution is 0.100. The maximum atomic E-state index is 13.4. The third-order valence-corrected chi connectivity index (χ3v) is 4.25. The lowest BCUT2D eigenvalue weighted by Gasteiger charge is -2.32. The Morgan fingerprint density at radius 2 is 2.00 bits per heavy atom. The Labute approximate surface area is 113 Å². The molecule has 0 N–H and O–H groups in total. The van der Waals surface area contributed by atoms with Crippen molar-refractivity contribution in [2.75, 3.05) is 0 Å². The van der Waals surface area contributed by atoms with E-state index in [-0.39, 0.29) is 11.9 Å². The Morgan fingerprint density at radius 1 is 1.22 bits per heavy atom. The molecule has 0 aliphatic heterocycles. The predicted octanol–water partition coefficient (Wildman–Crippen LogP) is 4.77. The number of rotatable bonds is 3. The Kier molecular flexibility index (Phi) is 4.50. The number of hydrogen-bond donors (Lipinski definition) is 0. The highest BCUT2D eigenvalue weighted by Crippen LogP contribution is 2.32. The molecule has 0 heterocycles. The Bertz CT molecular complexity index is 407. The van der Waals surface area contributed by atoms with Gasteiger partial charge in [0.15, 0.2) is 0 Å². The summed E-state index contributed by atoms with van der Waals surface area (Å²) in [6, 6.07) is 4.73. The van der Waals surface area contributed by atoms with Crippen molar-refractivity contribution in [1.29, 1.82) is 0 Å². The second kappa shape index (κ2) is 5.92. The molecule has 1 aromatic rings. The van der Waals surface area contributed by atoms with Crippen LogP contribution < -0.4 is 4.74 Å². The van der Waals surface area contributed by atoms with E-state index in [0.717, 1.165) is 24.3 Å². The van der Waals surface area contributed by atoms with Crippen molar-refractivity contribution >= 4 is 11.6 Å². The van der Waals surface area contributed by atoms with Gasteiger partial charge in [-0.05, 0) is 48.8 Å². The van der Waals surface area contributed by atoms with Crippen LogP contribution >= 0.6 is 11.6 Å². The van der Waals surface area contributed by atoms with Crippen LogP contribution in [-0.2, 0) is 5.88 Å². The monoisotopic (exact) mass is 270 g/mol. The first-order valence-corrected chi connectivity index (χ1v) is 7.14. The smallest absolute Gasteiger partial charge is 0.127 e. The van der Waals surface area contributed by atoms with Gasteiger partial charge < -0.3 is 4.74 Å². The van der Waals surface area contributed by atoms with Gasteiger partial charge in [0, 0.05) is 11.9 Å². The van der Waals surface area contributed by atoms with Crippen molar-refractivity contribution in [2.24, 2.45) is 11.8 Å². The second-order valence-corrected chi connectivity index (χ2v) is 5.70. The zero-order valence-corrected chi connectivity index (χ0v) is 11.7. The van der Waals surface area contributed by atoms with E-state index in [4.69, 9.17) is 16.3 Å². The lowest BCUT2D eigenvalue weighted by atomic mass is 9.80. The normalized spacial score (nSPS) is 28.1. The first-order chi connectivity index (χ1) is 8.58. The molecule has 2 rings (SSSR count). The van der Waals surface area contributed by atoms with Crippen molar-refractivity contribution in [3.8, 4) is 5.75 Å². The number of hydrogen-bond acceptors (Lipinski definition) is 1. The number of ether oxygens (including phenoxy) is 1. The third kappa shape index (κ3) is 3.38. The van der Waals surface area contributed by atoms with Gasteiger partial charge in [0.25, 0.3) is 0 Å². The van der Waals surface area contributed by atoms with Crippen molar-refractivity contribution in [1.82, 2.24) is 0 Å². The summed E-state index contributed by atoms with van der Waals surface area (Å²) in [5, 5.41) is 0. The molecule has 3 atom stereocenters. The van der Waals surface area contributed by atoms with Crippen molar-refractivity contribution < 1.29 is 9.13 Å². The van der Waals surface area contributed by atoms with Gasteiger partial charge >= 0.3 is 0 Å². The van der Waals surface area contributed by atoms with Gasteiger partial charge in [0.2, 0.25) is 0 Å². The SMILES string of the molecule is CC1CCC(Oc2cc(F)cc(CCl)c2)CC1C. The van der Waals surface area contributed by atoms with E-state index in [1.54, 1.807) is 0 Å². The predicted molar refractivity (Wildman–Crippen MR) is 72.6 cm³/mol. The Hall–Kier alpha value is -0.760. The molecule has 1 aromatic carbocycles. The molecule has 0 bridgehead atoms. The lowest BCUT2D eigenvalue weighted by Crippen LogP contribution is -2.28.